The van der Waals surface area contributed by atoms with Crippen molar-refractivity contribution in [1.82, 2.24) is 4.98 Å². The molecule has 0 N–H and O–H groups in total. The lowest BCUT2D eigenvalue weighted by Gasteiger charge is -2.20. The number of hydrogen-bond donors (Lipinski definition) is 0. The van der Waals surface area contributed by atoms with Gasteiger partial charge in [-0.05, 0) is 30.7 Å². The number of rotatable bonds is 5. The van der Waals surface area contributed by atoms with Gasteiger partial charge in [0.2, 0.25) is 0 Å². The number of carbonyl (C=O) groups is 1. The van der Waals surface area contributed by atoms with Crippen molar-refractivity contribution in [3.05, 3.63) is 84.6 Å². The predicted octanol–water partition coefficient (Wildman–Crippen LogP) is 5.45. The van der Waals surface area contributed by atoms with Crippen molar-refractivity contribution >= 4 is 16.7 Å². The zero-order valence-corrected chi connectivity index (χ0v) is 15.4. The molecule has 0 fully saturated rings. The van der Waals surface area contributed by atoms with Gasteiger partial charge in [0.25, 0.3) is 0 Å². The van der Waals surface area contributed by atoms with Gasteiger partial charge in [-0.2, -0.15) is 0 Å². The third kappa shape index (κ3) is 3.34. The van der Waals surface area contributed by atoms with Gasteiger partial charge in [0.05, 0.1) is 17.9 Å². The molecule has 0 amide bonds. The number of aromatic nitrogens is 1. The maximum atomic E-state index is 12.8. The lowest BCUT2D eigenvalue weighted by Crippen LogP contribution is -2.10. The number of carbonyl (C=O) groups excluding carboxylic acids is 1. The lowest BCUT2D eigenvalue weighted by atomic mass is 9.85. The van der Waals surface area contributed by atoms with Crippen LogP contribution in [0.15, 0.2) is 54.7 Å². The SMILES string of the molecule is [CH2][C]([C](C)C)c1ccccc1-c1ncc2ccccc2c1C(=O)OCC. The average Bonchev–Trinajstić information content (AvgIpc) is 2.66. The molecule has 131 valence electrons. The van der Waals surface area contributed by atoms with Crippen LogP contribution < -0.4 is 0 Å². The monoisotopic (exact) mass is 344 g/mol. The van der Waals surface area contributed by atoms with Crippen LogP contribution in [-0.2, 0) is 4.74 Å². The highest BCUT2D eigenvalue weighted by atomic mass is 16.5. The van der Waals surface area contributed by atoms with Crippen LogP contribution in [0.25, 0.3) is 22.0 Å². The second-order valence-electron chi connectivity index (χ2n) is 6.31. The molecule has 0 spiro atoms. The van der Waals surface area contributed by atoms with E-state index in [0.29, 0.717) is 17.9 Å². The molecule has 26 heavy (non-hydrogen) atoms. The third-order valence-corrected chi connectivity index (χ3v) is 4.39. The van der Waals surface area contributed by atoms with Gasteiger partial charge in [-0.3, -0.25) is 4.98 Å². The van der Waals surface area contributed by atoms with E-state index >= 15 is 0 Å². The number of hydrogen-bond acceptors (Lipinski definition) is 3. The first-order valence-electron chi connectivity index (χ1n) is 8.68. The molecule has 3 rings (SSSR count). The Morgan fingerprint density at radius 2 is 1.77 bits per heavy atom. The average molecular weight is 344 g/mol. The molecule has 0 aliphatic heterocycles. The van der Waals surface area contributed by atoms with Crippen LogP contribution in [0.1, 0.15) is 36.7 Å². The molecule has 0 aliphatic carbocycles. The highest BCUT2D eigenvalue weighted by Gasteiger charge is 2.23. The first-order valence-corrected chi connectivity index (χ1v) is 8.68. The molecular formula is C23H22NO2. The number of ether oxygens (including phenoxy) is 1. The summed E-state index contributed by atoms with van der Waals surface area (Å²) in [5.41, 5.74) is 2.98. The zero-order chi connectivity index (χ0) is 18.7. The maximum absolute atomic E-state index is 12.8. The molecule has 3 aromatic rings. The number of benzene rings is 2. The highest BCUT2D eigenvalue weighted by molar-refractivity contribution is 6.09. The zero-order valence-electron chi connectivity index (χ0n) is 15.4. The molecule has 0 unspecified atom stereocenters. The van der Waals surface area contributed by atoms with Crippen molar-refractivity contribution in [2.75, 3.05) is 6.61 Å². The summed E-state index contributed by atoms with van der Waals surface area (Å²) in [5, 5.41) is 1.75. The molecular weight excluding hydrogens is 322 g/mol. The highest BCUT2D eigenvalue weighted by Crippen LogP contribution is 2.36. The van der Waals surface area contributed by atoms with Crippen molar-refractivity contribution in [1.29, 1.82) is 0 Å². The van der Waals surface area contributed by atoms with Gasteiger partial charge in [-0.1, -0.05) is 62.4 Å². The van der Waals surface area contributed by atoms with E-state index in [9.17, 15) is 4.79 Å². The number of pyridine rings is 1. The maximum Gasteiger partial charge on any atom is 0.340 e. The topological polar surface area (TPSA) is 39.2 Å². The molecule has 1 heterocycles. The van der Waals surface area contributed by atoms with Crippen molar-refractivity contribution in [2.45, 2.75) is 20.8 Å². The van der Waals surface area contributed by atoms with Crippen LogP contribution in [0, 0.1) is 18.8 Å². The molecule has 0 saturated heterocycles. The van der Waals surface area contributed by atoms with E-state index in [1.54, 1.807) is 13.1 Å². The quantitative estimate of drug-likeness (QED) is 0.578. The Labute approximate surface area is 155 Å². The molecule has 3 radical (unpaired) electrons. The number of esters is 1. The molecule has 0 bridgehead atoms. The van der Waals surface area contributed by atoms with Crippen LogP contribution in [0.2, 0.25) is 0 Å². The fourth-order valence-corrected chi connectivity index (χ4v) is 3.00. The number of fused-ring (bicyclic) bond motifs is 1. The largest absolute Gasteiger partial charge is 0.462 e. The Hall–Kier alpha value is -2.68. The Morgan fingerprint density at radius 3 is 2.50 bits per heavy atom. The minimum absolute atomic E-state index is 0.317. The Bertz CT molecular complexity index is 930. The van der Waals surface area contributed by atoms with E-state index in [4.69, 9.17) is 4.74 Å². The van der Waals surface area contributed by atoms with Gasteiger partial charge in [0.1, 0.15) is 0 Å². The van der Waals surface area contributed by atoms with Crippen molar-refractivity contribution in [2.24, 2.45) is 0 Å². The van der Waals surface area contributed by atoms with Crippen LogP contribution in [0.5, 0.6) is 0 Å². The second kappa shape index (κ2) is 7.69. The van der Waals surface area contributed by atoms with E-state index < -0.39 is 0 Å². The van der Waals surface area contributed by atoms with E-state index in [2.05, 4.69) is 11.9 Å². The molecule has 0 atom stereocenters. The summed E-state index contributed by atoms with van der Waals surface area (Å²) in [7, 11) is 0. The standard InChI is InChI=1S/C23H22NO2/c1-5-26-23(25)21-19-12-7-6-10-17(19)14-24-22(21)20-13-9-8-11-18(20)16(4)15(2)3/h6-14H,4-5H2,1-3H3. The van der Waals surface area contributed by atoms with Gasteiger partial charge >= 0.3 is 5.97 Å². The Kier molecular flexibility index (Phi) is 5.36. The summed E-state index contributed by atoms with van der Waals surface area (Å²) >= 11 is 0. The predicted molar refractivity (Wildman–Crippen MR) is 105 cm³/mol. The van der Waals surface area contributed by atoms with Gasteiger partial charge < -0.3 is 4.74 Å². The van der Waals surface area contributed by atoms with Crippen molar-refractivity contribution < 1.29 is 9.53 Å². The number of nitrogens with zero attached hydrogens (tertiary/aromatic N) is 1. The van der Waals surface area contributed by atoms with Gasteiger partial charge in [0.15, 0.2) is 0 Å². The van der Waals surface area contributed by atoms with E-state index in [0.717, 1.165) is 33.7 Å². The van der Waals surface area contributed by atoms with Crippen molar-refractivity contribution in [3.63, 3.8) is 0 Å². The Balaban J connectivity index is 2.30. The normalized spacial score (nSPS) is 11.3. The minimum atomic E-state index is -0.357. The minimum Gasteiger partial charge on any atom is -0.462 e. The van der Waals surface area contributed by atoms with Crippen LogP contribution in [0.3, 0.4) is 0 Å². The van der Waals surface area contributed by atoms with Crippen molar-refractivity contribution in [3.8, 4) is 11.3 Å². The van der Waals surface area contributed by atoms with Crippen LogP contribution >= 0.6 is 0 Å². The first-order chi connectivity index (χ1) is 12.5. The first kappa shape index (κ1) is 18.1. The van der Waals surface area contributed by atoms with E-state index in [1.165, 1.54) is 0 Å². The summed E-state index contributed by atoms with van der Waals surface area (Å²) < 4.78 is 5.34. The summed E-state index contributed by atoms with van der Waals surface area (Å²) in [6.07, 6.45) is 1.80. The van der Waals surface area contributed by atoms with Gasteiger partial charge in [-0.15, -0.1) is 0 Å². The third-order valence-electron chi connectivity index (χ3n) is 4.39. The van der Waals surface area contributed by atoms with Gasteiger partial charge in [0, 0.05) is 23.1 Å². The second-order valence-corrected chi connectivity index (χ2v) is 6.31. The summed E-state index contributed by atoms with van der Waals surface area (Å²) in [5.74, 6) is 1.70. The Morgan fingerprint density at radius 1 is 1.08 bits per heavy atom. The van der Waals surface area contributed by atoms with Gasteiger partial charge in [-0.25, -0.2) is 4.79 Å². The summed E-state index contributed by atoms with van der Waals surface area (Å²) in [4.78, 5) is 17.4. The van der Waals surface area contributed by atoms with Crippen LogP contribution in [-0.4, -0.2) is 17.6 Å². The fourth-order valence-electron chi connectivity index (χ4n) is 3.00. The summed E-state index contributed by atoms with van der Waals surface area (Å²) in [6.45, 7) is 10.4. The smallest absolute Gasteiger partial charge is 0.340 e. The molecule has 1 aromatic heterocycles. The molecule has 0 saturated carbocycles. The molecule has 3 nitrogen and oxygen atoms in total. The van der Waals surface area contributed by atoms with E-state index in [-0.39, 0.29) is 5.97 Å². The lowest BCUT2D eigenvalue weighted by molar-refractivity contribution is 0.0529. The van der Waals surface area contributed by atoms with Crippen LogP contribution in [0.4, 0.5) is 0 Å². The molecule has 3 heteroatoms. The summed E-state index contributed by atoms with van der Waals surface area (Å²) in [6, 6.07) is 15.6. The molecule has 0 aliphatic rings. The van der Waals surface area contributed by atoms with E-state index in [1.807, 2.05) is 62.4 Å². The fraction of sp³-hybridized carbons (Fsp3) is 0.174. The molecule has 2 aromatic carbocycles.